The summed E-state index contributed by atoms with van der Waals surface area (Å²) in [6.45, 7) is 2.45. The van der Waals surface area contributed by atoms with Crippen molar-refractivity contribution in [2.75, 3.05) is 5.73 Å². The van der Waals surface area contributed by atoms with Gasteiger partial charge < -0.3 is 5.73 Å². The predicted molar refractivity (Wildman–Crippen MR) is 58.7 cm³/mol. The van der Waals surface area contributed by atoms with E-state index in [9.17, 15) is 0 Å². The van der Waals surface area contributed by atoms with Crippen LogP contribution in [0.4, 0.5) is 5.69 Å². The normalized spacial score (nSPS) is 10.9. The second kappa shape index (κ2) is 3.58. The maximum Gasteiger partial charge on any atom is 0.127 e. The number of nitrogens with zero attached hydrogens (tertiary/aromatic N) is 4. The molecule has 80 valence electrons. The van der Waals surface area contributed by atoms with Crippen LogP contribution in [0.3, 0.4) is 0 Å². The summed E-state index contributed by atoms with van der Waals surface area (Å²) in [5.74, 6) is 0. The molecule has 0 aliphatic heterocycles. The van der Waals surface area contributed by atoms with Crippen LogP contribution in [0.1, 0.15) is 11.4 Å². The van der Waals surface area contributed by atoms with Crippen molar-refractivity contribution >= 4 is 17.3 Å². The van der Waals surface area contributed by atoms with Crippen LogP contribution in [-0.2, 0) is 13.6 Å². The molecular formula is C9H12ClN5. The Bertz CT molecular complexity index is 401. The molecular weight excluding hydrogens is 214 g/mol. The maximum absolute atomic E-state index is 5.88. The lowest BCUT2D eigenvalue weighted by molar-refractivity contribution is 0.646. The molecule has 0 aliphatic rings. The average Bonchev–Trinajstić information content (AvgIpc) is 2.59. The smallest absolute Gasteiger partial charge is 0.127 e. The summed E-state index contributed by atoms with van der Waals surface area (Å²) >= 11 is 5.88. The molecule has 2 rings (SSSR count). The summed E-state index contributed by atoms with van der Waals surface area (Å²) in [7, 11) is 1.80. The molecule has 0 unspecified atom stereocenters. The van der Waals surface area contributed by atoms with Gasteiger partial charge in [0.25, 0.3) is 0 Å². The van der Waals surface area contributed by atoms with Gasteiger partial charge in [0, 0.05) is 19.3 Å². The van der Waals surface area contributed by atoms with Gasteiger partial charge in [-0.3, -0.25) is 9.36 Å². The third kappa shape index (κ3) is 1.97. The number of aromatic nitrogens is 4. The fourth-order valence-corrected chi connectivity index (χ4v) is 1.52. The Labute approximate surface area is 92.4 Å². The van der Waals surface area contributed by atoms with Crippen molar-refractivity contribution in [2.45, 2.75) is 13.5 Å². The number of hydrogen-bond donors (Lipinski definition) is 1. The van der Waals surface area contributed by atoms with Crippen LogP contribution in [0.5, 0.6) is 0 Å². The van der Waals surface area contributed by atoms with Gasteiger partial charge >= 0.3 is 0 Å². The molecule has 0 amide bonds. The summed E-state index contributed by atoms with van der Waals surface area (Å²) < 4.78 is 3.37. The molecule has 0 fully saturated rings. The van der Waals surface area contributed by atoms with Crippen LogP contribution in [0.2, 0.25) is 5.15 Å². The first kappa shape index (κ1) is 10.0. The SMILES string of the molecule is Cc1nn(Cc2cc(Cl)n(C)n2)cc1N. The molecule has 0 aromatic carbocycles. The maximum atomic E-state index is 5.88. The number of hydrogen-bond acceptors (Lipinski definition) is 3. The lowest BCUT2D eigenvalue weighted by Gasteiger charge is -1.95. The van der Waals surface area contributed by atoms with E-state index in [1.54, 1.807) is 22.6 Å². The first-order chi connectivity index (χ1) is 7.06. The molecule has 5 nitrogen and oxygen atoms in total. The number of nitrogens with two attached hydrogens (primary N) is 1. The van der Waals surface area contributed by atoms with E-state index in [0.717, 1.165) is 11.4 Å². The van der Waals surface area contributed by atoms with Gasteiger partial charge in [-0.1, -0.05) is 11.6 Å². The lowest BCUT2D eigenvalue weighted by atomic mass is 10.4. The van der Waals surface area contributed by atoms with E-state index in [-0.39, 0.29) is 0 Å². The molecule has 0 atom stereocenters. The second-order valence-corrected chi connectivity index (χ2v) is 3.84. The Kier molecular flexibility index (Phi) is 2.40. The van der Waals surface area contributed by atoms with Gasteiger partial charge in [0.1, 0.15) is 5.15 Å². The molecule has 2 aromatic rings. The van der Waals surface area contributed by atoms with Crippen LogP contribution in [0, 0.1) is 6.92 Å². The minimum Gasteiger partial charge on any atom is -0.396 e. The first-order valence-electron chi connectivity index (χ1n) is 4.54. The van der Waals surface area contributed by atoms with Crippen molar-refractivity contribution in [2.24, 2.45) is 7.05 Å². The minimum absolute atomic E-state index is 0.582. The third-order valence-corrected chi connectivity index (χ3v) is 2.54. The Morgan fingerprint density at radius 3 is 2.67 bits per heavy atom. The minimum atomic E-state index is 0.582. The quantitative estimate of drug-likeness (QED) is 0.836. The summed E-state index contributed by atoms with van der Waals surface area (Å²) in [5.41, 5.74) is 8.08. The van der Waals surface area contributed by atoms with Gasteiger partial charge in [-0.15, -0.1) is 0 Å². The fraction of sp³-hybridized carbons (Fsp3) is 0.333. The summed E-state index contributed by atoms with van der Waals surface area (Å²) in [6.07, 6.45) is 1.79. The van der Waals surface area contributed by atoms with Crippen LogP contribution in [-0.4, -0.2) is 19.6 Å². The summed E-state index contributed by atoms with van der Waals surface area (Å²) in [6, 6.07) is 1.81. The second-order valence-electron chi connectivity index (χ2n) is 3.45. The van der Waals surface area contributed by atoms with Crippen molar-refractivity contribution in [3.05, 3.63) is 28.8 Å². The zero-order valence-electron chi connectivity index (χ0n) is 8.61. The number of anilines is 1. The number of halogens is 1. The number of nitrogen functional groups attached to an aromatic ring is 1. The van der Waals surface area contributed by atoms with E-state index < -0.39 is 0 Å². The molecule has 2 aromatic heterocycles. The van der Waals surface area contributed by atoms with Crippen molar-refractivity contribution in [1.82, 2.24) is 19.6 Å². The van der Waals surface area contributed by atoms with Crippen LogP contribution < -0.4 is 5.73 Å². The van der Waals surface area contributed by atoms with Gasteiger partial charge in [0.05, 0.1) is 23.6 Å². The van der Waals surface area contributed by atoms with E-state index >= 15 is 0 Å². The molecule has 2 N–H and O–H groups in total. The summed E-state index contributed by atoms with van der Waals surface area (Å²) in [5, 5.41) is 9.08. The molecule has 0 saturated carbocycles. The Hall–Kier alpha value is -1.49. The van der Waals surface area contributed by atoms with Gasteiger partial charge in [-0.2, -0.15) is 10.2 Å². The topological polar surface area (TPSA) is 61.7 Å². The van der Waals surface area contributed by atoms with Crippen molar-refractivity contribution in [1.29, 1.82) is 0 Å². The monoisotopic (exact) mass is 225 g/mol. The molecule has 15 heavy (non-hydrogen) atoms. The standard InChI is InChI=1S/C9H12ClN5/c1-6-8(11)5-15(12-6)4-7-3-9(10)14(2)13-7/h3,5H,4,11H2,1-2H3. The van der Waals surface area contributed by atoms with Crippen LogP contribution in [0.15, 0.2) is 12.3 Å². The Morgan fingerprint density at radius 1 is 1.47 bits per heavy atom. The van der Waals surface area contributed by atoms with Gasteiger partial charge in [0.15, 0.2) is 0 Å². The third-order valence-electron chi connectivity index (χ3n) is 2.18. The van der Waals surface area contributed by atoms with Gasteiger partial charge in [-0.05, 0) is 6.92 Å². The van der Waals surface area contributed by atoms with Gasteiger partial charge in [0.2, 0.25) is 0 Å². The Balaban J connectivity index is 2.21. The zero-order chi connectivity index (χ0) is 11.0. The van der Waals surface area contributed by atoms with Crippen molar-refractivity contribution in [3.63, 3.8) is 0 Å². The summed E-state index contributed by atoms with van der Waals surface area (Å²) in [4.78, 5) is 0. The highest BCUT2D eigenvalue weighted by atomic mass is 35.5. The van der Waals surface area contributed by atoms with Crippen LogP contribution >= 0.6 is 11.6 Å². The van der Waals surface area contributed by atoms with Gasteiger partial charge in [-0.25, -0.2) is 0 Å². The van der Waals surface area contributed by atoms with E-state index in [0.29, 0.717) is 17.4 Å². The highest BCUT2D eigenvalue weighted by molar-refractivity contribution is 6.29. The molecule has 6 heteroatoms. The Morgan fingerprint density at radius 2 is 2.20 bits per heavy atom. The average molecular weight is 226 g/mol. The number of rotatable bonds is 2. The van der Waals surface area contributed by atoms with E-state index in [1.165, 1.54) is 0 Å². The number of aryl methyl sites for hydroxylation is 2. The first-order valence-corrected chi connectivity index (χ1v) is 4.92. The zero-order valence-corrected chi connectivity index (χ0v) is 9.36. The highest BCUT2D eigenvalue weighted by Gasteiger charge is 2.05. The molecule has 0 bridgehead atoms. The lowest BCUT2D eigenvalue weighted by Crippen LogP contribution is -2.02. The van der Waals surface area contributed by atoms with E-state index in [2.05, 4.69) is 10.2 Å². The van der Waals surface area contributed by atoms with Crippen molar-refractivity contribution < 1.29 is 0 Å². The molecule has 0 radical (unpaired) electrons. The molecule has 0 aliphatic carbocycles. The molecule has 0 spiro atoms. The van der Waals surface area contributed by atoms with E-state index in [1.807, 2.05) is 13.0 Å². The molecule has 2 heterocycles. The largest absolute Gasteiger partial charge is 0.396 e. The molecule has 0 saturated heterocycles. The van der Waals surface area contributed by atoms with Crippen molar-refractivity contribution in [3.8, 4) is 0 Å². The highest BCUT2D eigenvalue weighted by Crippen LogP contribution is 2.12. The fourth-order valence-electron chi connectivity index (χ4n) is 1.36. The van der Waals surface area contributed by atoms with E-state index in [4.69, 9.17) is 17.3 Å². The predicted octanol–water partition coefficient (Wildman–Crippen LogP) is 1.21. The van der Waals surface area contributed by atoms with Crippen LogP contribution in [0.25, 0.3) is 0 Å².